The minimum atomic E-state index is 0.416. The van der Waals surface area contributed by atoms with Gasteiger partial charge in [0.2, 0.25) is 5.88 Å². The summed E-state index contributed by atoms with van der Waals surface area (Å²) in [6.07, 6.45) is 1.06. The Morgan fingerprint density at radius 1 is 1.53 bits per heavy atom. The number of nitrogens with zero attached hydrogens (tertiary/aromatic N) is 1. The number of aromatic nitrogens is 1. The SMILES string of the molecule is COc1ccc(NC2CCOC2)c(C)n1. The normalized spacial score (nSPS) is 20.3. The van der Waals surface area contributed by atoms with Gasteiger partial charge in [0.1, 0.15) is 0 Å². The molecule has 15 heavy (non-hydrogen) atoms. The summed E-state index contributed by atoms with van der Waals surface area (Å²) in [5, 5.41) is 3.42. The first kappa shape index (κ1) is 10.2. The van der Waals surface area contributed by atoms with Crippen LogP contribution >= 0.6 is 0 Å². The van der Waals surface area contributed by atoms with E-state index in [4.69, 9.17) is 9.47 Å². The molecule has 2 rings (SSSR count). The first-order chi connectivity index (χ1) is 7.29. The second-order valence-corrected chi connectivity index (χ2v) is 3.69. The van der Waals surface area contributed by atoms with Crippen molar-refractivity contribution in [3.63, 3.8) is 0 Å². The van der Waals surface area contributed by atoms with Crippen LogP contribution in [0.25, 0.3) is 0 Å². The molecule has 2 heterocycles. The maximum absolute atomic E-state index is 5.31. The minimum Gasteiger partial charge on any atom is -0.481 e. The Morgan fingerprint density at radius 3 is 3.00 bits per heavy atom. The Kier molecular flexibility index (Phi) is 3.06. The molecule has 82 valence electrons. The summed E-state index contributed by atoms with van der Waals surface area (Å²) in [6.45, 7) is 3.60. The number of aryl methyl sites for hydroxylation is 1. The molecule has 1 aromatic rings. The van der Waals surface area contributed by atoms with E-state index in [-0.39, 0.29) is 0 Å². The van der Waals surface area contributed by atoms with Crippen molar-refractivity contribution in [3.05, 3.63) is 17.8 Å². The molecular formula is C11H16N2O2. The molecule has 4 heteroatoms. The molecule has 0 aliphatic carbocycles. The average molecular weight is 208 g/mol. The van der Waals surface area contributed by atoms with Gasteiger partial charge >= 0.3 is 0 Å². The molecule has 1 fully saturated rings. The number of ether oxygens (including phenoxy) is 2. The zero-order chi connectivity index (χ0) is 10.7. The molecule has 0 saturated carbocycles. The lowest BCUT2D eigenvalue weighted by atomic mass is 10.2. The number of rotatable bonds is 3. The molecule has 1 aliphatic rings. The van der Waals surface area contributed by atoms with Crippen molar-refractivity contribution in [1.29, 1.82) is 0 Å². The zero-order valence-corrected chi connectivity index (χ0v) is 9.12. The highest BCUT2D eigenvalue weighted by atomic mass is 16.5. The lowest BCUT2D eigenvalue weighted by molar-refractivity contribution is 0.195. The number of hydrogen-bond donors (Lipinski definition) is 1. The van der Waals surface area contributed by atoms with Crippen molar-refractivity contribution in [1.82, 2.24) is 4.98 Å². The van der Waals surface area contributed by atoms with Crippen LogP contribution < -0.4 is 10.1 Å². The van der Waals surface area contributed by atoms with Crippen LogP contribution in [0.15, 0.2) is 12.1 Å². The van der Waals surface area contributed by atoms with Gasteiger partial charge in [-0.25, -0.2) is 4.98 Å². The molecule has 1 atom stereocenters. The standard InChI is InChI=1S/C11H16N2O2/c1-8-10(3-4-11(12-8)14-2)13-9-5-6-15-7-9/h3-4,9,13H,5-7H2,1-2H3. The summed E-state index contributed by atoms with van der Waals surface area (Å²) < 4.78 is 10.4. The Balaban J connectivity index is 2.07. The van der Waals surface area contributed by atoms with E-state index in [1.54, 1.807) is 7.11 Å². The van der Waals surface area contributed by atoms with Crippen LogP contribution in [0.2, 0.25) is 0 Å². The molecule has 1 aromatic heterocycles. The van der Waals surface area contributed by atoms with Gasteiger partial charge in [-0.3, -0.25) is 0 Å². The predicted octanol–water partition coefficient (Wildman–Crippen LogP) is 1.60. The number of methoxy groups -OCH3 is 1. The minimum absolute atomic E-state index is 0.416. The molecule has 1 N–H and O–H groups in total. The van der Waals surface area contributed by atoms with E-state index in [0.717, 1.165) is 31.0 Å². The van der Waals surface area contributed by atoms with Crippen LogP contribution in [0.4, 0.5) is 5.69 Å². The fourth-order valence-corrected chi connectivity index (χ4v) is 1.67. The number of pyridine rings is 1. The fraction of sp³-hybridized carbons (Fsp3) is 0.545. The summed E-state index contributed by atoms with van der Waals surface area (Å²) in [4.78, 5) is 4.31. The summed E-state index contributed by atoms with van der Waals surface area (Å²) in [7, 11) is 1.62. The lowest BCUT2D eigenvalue weighted by Crippen LogP contribution is -2.19. The maximum Gasteiger partial charge on any atom is 0.213 e. The monoisotopic (exact) mass is 208 g/mol. The van der Waals surface area contributed by atoms with Crippen molar-refractivity contribution in [2.24, 2.45) is 0 Å². The van der Waals surface area contributed by atoms with Crippen molar-refractivity contribution in [2.45, 2.75) is 19.4 Å². The fourth-order valence-electron chi connectivity index (χ4n) is 1.67. The highest BCUT2D eigenvalue weighted by Crippen LogP contribution is 2.19. The van der Waals surface area contributed by atoms with Gasteiger partial charge in [-0.1, -0.05) is 0 Å². The Morgan fingerprint density at radius 2 is 2.40 bits per heavy atom. The summed E-state index contributed by atoms with van der Waals surface area (Å²) in [6, 6.07) is 4.28. The van der Waals surface area contributed by atoms with Gasteiger partial charge in [0, 0.05) is 12.7 Å². The third-order valence-corrected chi connectivity index (χ3v) is 2.56. The smallest absolute Gasteiger partial charge is 0.213 e. The second kappa shape index (κ2) is 4.49. The van der Waals surface area contributed by atoms with Crippen LogP contribution in [-0.4, -0.2) is 31.3 Å². The van der Waals surface area contributed by atoms with Gasteiger partial charge in [0.15, 0.2) is 0 Å². The van der Waals surface area contributed by atoms with E-state index in [1.165, 1.54) is 0 Å². The molecule has 0 amide bonds. The van der Waals surface area contributed by atoms with Crippen LogP contribution in [0.3, 0.4) is 0 Å². The van der Waals surface area contributed by atoms with Crippen molar-refractivity contribution < 1.29 is 9.47 Å². The zero-order valence-electron chi connectivity index (χ0n) is 9.12. The number of hydrogen-bond acceptors (Lipinski definition) is 4. The Hall–Kier alpha value is -1.29. The number of nitrogens with one attached hydrogen (secondary N) is 1. The number of anilines is 1. The first-order valence-corrected chi connectivity index (χ1v) is 5.15. The molecule has 1 aliphatic heterocycles. The summed E-state index contributed by atoms with van der Waals surface area (Å²) in [5.41, 5.74) is 2.02. The maximum atomic E-state index is 5.31. The molecule has 0 bridgehead atoms. The summed E-state index contributed by atoms with van der Waals surface area (Å²) >= 11 is 0. The lowest BCUT2D eigenvalue weighted by Gasteiger charge is -2.14. The van der Waals surface area contributed by atoms with Crippen molar-refractivity contribution in [3.8, 4) is 5.88 Å². The topological polar surface area (TPSA) is 43.4 Å². The Labute approximate surface area is 89.6 Å². The van der Waals surface area contributed by atoms with Gasteiger partial charge in [0.25, 0.3) is 0 Å². The van der Waals surface area contributed by atoms with Crippen molar-refractivity contribution in [2.75, 3.05) is 25.6 Å². The van der Waals surface area contributed by atoms with Crippen LogP contribution in [0, 0.1) is 6.92 Å². The third kappa shape index (κ3) is 2.39. The quantitative estimate of drug-likeness (QED) is 0.819. The molecule has 1 unspecified atom stereocenters. The molecule has 0 aromatic carbocycles. The molecule has 0 spiro atoms. The van der Waals surface area contributed by atoms with Gasteiger partial charge in [-0.2, -0.15) is 0 Å². The van der Waals surface area contributed by atoms with Gasteiger partial charge in [0.05, 0.1) is 31.1 Å². The van der Waals surface area contributed by atoms with Gasteiger partial charge in [-0.05, 0) is 19.4 Å². The van der Waals surface area contributed by atoms with E-state index in [0.29, 0.717) is 11.9 Å². The summed E-state index contributed by atoms with van der Waals surface area (Å²) in [5.74, 6) is 0.653. The van der Waals surface area contributed by atoms with Gasteiger partial charge < -0.3 is 14.8 Å². The van der Waals surface area contributed by atoms with E-state index in [2.05, 4.69) is 10.3 Å². The highest BCUT2D eigenvalue weighted by Gasteiger charge is 2.16. The highest BCUT2D eigenvalue weighted by molar-refractivity contribution is 5.49. The largest absolute Gasteiger partial charge is 0.481 e. The van der Waals surface area contributed by atoms with Gasteiger partial charge in [-0.15, -0.1) is 0 Å². The van der Waals surface area contributed by atoms with E-state index < -0.39 is 0 Å². The van der Waals surface area contributed by atoms with E-state index in [1.807, 2.05) is 19.1 Å². The second-order valence-electron chi connectivity index (χ2n) is 3.69. The molecular weight excluding hydrogens is 192 g/mol. The molecule has 0 radical (unpaired) electrons. The van der Waals surface area contributed by atoms with Crippen LogP contribution in [0.5, 0.6) is 5.88 Å². The average Bonchev–Trinajstić information content (AvgIpc) is 2.74. The van der Waals surface area contributed by atoms with Crippen molar-refractivity contribution >= 4 is 5.69 Å². The van der Waals surface area contributed by atoms with Crippen LogP contribution in [0.1, 0.15) is 12.1 Å². The first-order valence-electron chi connectivity index (χ1n) is 5.15. The predicted molar refractivity (Wildman–Crippen MR) is 58.4 cm³/mol. The molecule has 1 saturated heterocycles. The van der Waals surface area contributed by atoms with E-state index >= 15 is 0 Å². The van der Waals surface area contributed by atoms with E-state index in [9.17, 15) is 0 Å². The third-order valence-electron chi connectivity index (χ3n) is 2.56. The van der Waals surface area contributed by atoms with Crippen LogP contribution in [-0.2, 0) is 4.74 Å². The molecule has 4 nitrogen and oxygen atoms in total. The Bertz CT molecular complexity index is 335.